The molecule has 6 nitrogen and oxygen atoms in total. The van der Waals surface area contributed by atoms with Crippen molar-refractivity contribution in [2.45, 2.75) is 13.0 Å². The number of halogens is 2. The van der Waals surface area contributed by atoms with E-state index in [1.807, 2.05) is 0 Å². The summed E-state index contributed by atoms with van der Waals surface area (Å²) in [4.78, 5) is 14.3. The standard InChI is InChI=1S/C16H15Cl2N3O3S/c1-10(11-4-5-13(17)14(18)9-11)19-16(22)12-3-2-6-21-7-8-25(23,24)20-15(12)21/h2-6,9-10H,7-8H2,1H3,(H,19,22)/t10-/m0/s1. The first-order valence-corrected chi connectivity index (χ1v) is 9.87. The van der Waals surface area contributed by atoms with Gasteiger partial charge in [-0.15, -0.1) is 4.40 Å². The second-order valence-corrected chi connectivity index (χ2v) is 8.25. The number of amides is 1. The molecule has 2 aliphatic rings. The van der Waals surface area contributed by atoms with Gasteiger partial charge in [-0.2, -0.15) is 0 Å². The number of rotatable bonds is 3. The van der Waals surface area contributed by atoms with E-state index in [1.165, 1.54) is 0 Å². The highest BCUT2D eigenvalue weighted by atomic mass is 35.5. The van der Waals surface area contributed by atoms with E-state index >= 15 is 0 Å². The molecule has 3 rings (SSSR count). The van der Waals surface area contributed by atoms with Crippen molar-refractivity contribution in [1.29, 1.82) is 0 Å². The first-order valence-electron chi connectivity index (χ1n) is 7.51. The Hall–Kier alpha value is -1.83. The van der Waals surface area contributed by atoms with Crippen LogP contribution in [0.2, 0.25) is 10.0 Å². The summed E-state index contributed by atoms with van der Waals surface area (Å²) in [7, 11) is -3.55. The van der Waals surface area contributed by atoms with Gasteiger partial charge in [0.05, 0.1) is 27.4 Å². The monoisotopic (exact) mass is 399 g/mol. The third-order valence-electron chi connectivity index (χ3n) is 3.89. The highest BCUT2D eigenvalue weighted by molar-refractivity contribution is 7.90. The molecule has 2 heterocycles. The molecule has 1 atom stereocenters. The summed E-state index contributed by atoms with van der Waals surface area (Å²) in [5, 5.41) is 3.66. The zero-order chi connectivity index (χ0) is 18.2. The average molecular weight is 400 g/mol. The number of hydrogen-bond donors (Lipinski definition) is 1. The Balaban J connectivity index is 1.82. The van der Waals surface area contributed by atoms with Crippen molar-refractivity contribution in [3.8, 4) is 0 Å². The number of carbonyl (C=O) groups is 1. The summed E-state index contributed by atoms with van der Waals surface area (Å²) in [5.41, 5.74) is 0.988. The predicted molar refractivity (Wildman–Crippen MR) is 98.2 cm³/mol. The minimum atomic E-state index is -3.55. The number of nitrogens with one attached hydrogen (secondary N) is 1. The van der Waals surface area contributed by atoms with Gasteiger partial charge in [-0.3, -0.25) is 4.79 Å². The maximum atomic E-state index is 12.6. The smallest absolute Gasteiger partial charge is 0.256 e. The van der Waals surface area contributed by atoms with E-state index < -0.39 is 15.9 Å². The lowest BCUT2D eigenvalue weighted by atomic mass is 10.1. The zero-order valence-corrected chi connectivity index (χ0v) is 15.6. The van der Waals surface area contributed by atoms with Crippen LogP contribution in [-0.4, -0.2) is 37.4 Å². The quantitative estimate of drug-likeness (QED) is 0.846. The second-order valence-electron chi connectivity index (χ2n) is 5.68. The van der Waals surface area contributed by atoms with Gasteiger partial charge in [0.15, 0.2) is 5.84 Å². The van der Waals surface area contributed by atoms with Gasteiger partial charge in [0.25, 0.3) is 15.9 Å². The normalized spacial score (nSPS) is 19.6. The van der Waals surface area contributed by atoms with Crippen LogP contribution >= 0.6 is 23.2 Å². The molecule has 0 unspecified atom stereocenters. The van der Waals surface area contributed by atoms with Crippen LogP contribution in [0.15, 0.2) is 46.5 Å². The molecule has 0 bridgehead atoms. The SMILES string of the molecule is C[C@H](NC(=O)C1=CC=CN2CCS(=O)(=O)N=C12)c1ccc(Cl)c(Cl)c1. The molecule has 0 spiro atoms. The first-order chi connectivity index (χ1) is 11.8. The van der Waals surface area contributed by atoms with Gasteiger partial charge in [0.2, 0.25) is 0 Å². The lowest BCUT2D eigenvalue weighted by Gasteiger charge is -2.29. The number of benzene rings is 1. The van der Waals surface area contributed by atoms with Crippen LogP contribution in [0, 0.1) is 0 Å². The minimum absolute atomic E-state index is 0.0740. The Morgan fingerprint density at radius 1 is 1.32 bits per heavy atom. The summed E-state index contributed by atoms with van der Waals surface area (Å²) in [5.74, 6) is -0.341. The number of nitrogens with zero attached hydrogens (tertiary/aromatic N) is 2. The third kappa shape index (κ3) is 3.89. The van der Waals surface area contributed by atoms with Crippen LogP contribution in [0.3, 0.4) is 0 Å². The van der Waals surface area contributed by atoms with Crippen molar-refractivity contribution in [2.24, 2.45) is 4.40 Å². The van der Waals surface area contributed by atoms with Crippen molar-refractivity contribution < 1.29 is 13.2 Å². The first kappa shape index (κ1) is 18.0. The van der Waals surface area contributed by atoms with Gasteiger partial charge in [-0.1, -0.05) is 29.3 Å². The van der Waals surface area contributed by atoms with Gasteiger partial charge in [0, 0.05) is 12.7 Å². The Labute approximate surface area is 155 Å². The summed E-state index contributed by atoms with van der Waals surface area (Å²) >= 11 is 11.9. The molecule has 132 valence electrons. The van der Waals surface area contributed by atoms with Crippen LogP contribution in [0.25, 0.3) is 0 Å². The van der Waals surface area contributed by atoms with Crippen molar-refractivity contribution >= 4 is 45.0 Å². The topological polar surface area (TPSA) is 78.8 Å². The van der Waals surface area contributed by atoms with Crippen LogP contribution < -0.4 is 5.32 Å². The summed E-state index contributed by atoms with van der Waals surface area (Å²) in [6.07, 6.45) is 4.94. The number of allylic oxidation sites excluding steroid dienone is 2. The number of sulfonamides is 1. The van der Waals surface area contributed by atoms with E-state index in [4.69, 9.17) is 23.2 Å². The van der Waals surface area contributed by atoms with Crippen molar-refractivity contribution in [3.63, 3.8) is 0 Å². The number of carbonyl (C=O) groups excluding carboxylic acids is 1. The number of fused-ring (bicyclic) bond motifs is 1. The van der Waals surface area contributed by atoms with Crippen molar-refractivity contribution in [2.75, 3.05) is 12.3 Å². The molecule has 0 saturated heterocycles. The molecule has 1 amide bonds. The second kappa shape index (κ2) is 6.82. The third-order valence-corrected chi connectivity index (χ3v) is 5.78. The molecule has 0 radical (unpaired) electrons. The molecule has 2 aliphatic heterocycles. The predicted octanol–water partition coefficient (Wildman–Crippen LogP) is 2.67. The molecular weight excluding hydrogens is 385 g/mol. The van der Waals surface area contributed by atoms with E-state index in [1.54, 1.807) is 48.4 Å². The maximum Gasteiger partial charge on any atom is 0.256 e. The van der Waals surface area contributed by atoms with Gasteiger partial charge in [-0.25, -0.2) is 8.42 Å². The molecule has 0 aromatic heterocycles. The molecule has 1 N–H and O–H groups in total. The van der Waals surface area contributed by atoms with E-state index in [-0.39, 0.29) is 29.7 Å². The lowest BCUT2D eigenvalue weighted by molar-refractivity contribution is -0.117. The van der Waals surface area contributed by atoms with Crippen molar-refractivity contribution in [3.05, 3.63) is 57.7 Å². The molecule has 1 aromatic rings. The van der Waals surface area contributed by atoms with Gasteiger partial charge in [0.1, 0.15) is 0 Å². The highest BCUT2D eigenvalue weighted by Gasteiger charge is 2.30. The molecule has 1 aromatic carbocycles. The molecule has 0 fully saturated rings. The molecular formula is C16H15Cl2N3O3S. The van der Waals surface area contributed by atoms with Crippen LogP contribution in [0.1, 0.15) is 18.5 Å². The van der Waals surface area contributed by atoms with Crippen LogP contribution in [-0.2, 0) is 14.8 Å². The van der Waals surface area contributed by atoms with Crippen molar-refractivity contribution in [1.82, 2.24) is 10.2 Å². The average Bonchev–Trinajstić information content (AvgIpc) is 2.55. The van der Waals surface area contributed by atoms with Crippen LogP contribution in [0.4, 0.5) is 0 Å². The van der Waals surface area contributed by atoms with Gasteiger partial charge >= 0.3 is 0 Å². The Kier molecular flexibility index (Phi) is 4.90. The maximum absolute atomic E-state index is 12.6. The zero-order valence-electron chi connectivity index (χ0n) is 13.2. The summed E-state index contributed by atoms with van der Waals surface area (Å²) < 4.78 is 27.3. The van der Waals surface area contributed by atoms with E-state index in [9.17, 15) is 13.2 Å². The molecule has 0 aliphatic carbocycles. The van der Waals surface area contributed by atoms with Gasteiger partial charge < -0.3 is 10.2 Å². The Morgan fingerprint density at radius 3 is 2.80 bits per heavy atom. The molecule has 25 heavy (non-hydrogen) atoms. The molecule has 0 saturated carbocycles. The van der Waals surface area contributed by atoms with Gasteiger partial charge in [-0.05, 0) is 36.8 Å². The fourth-order valence-corrected chi connectivity index (χ4v) is 3.82. The number of amidine groups is 1. The van der Waals surface area contributed by atoms with E-state index in [0.717, 1.165) is 5.56 Å². The Bertz CT molecular complexity index is 923. The Morgan fingerprint density at radius 2 is 2.08 bits per heavy atom. The fourth-order valence-electron chi connectivity index (χ4n) is 2.53. The van der Waals surface area contributed by atoms with Crippen LogP contribution in [0.5, 0.6) is 0 Å². The molecule has 9 heteroatoms. The van der Waals surface area contributed by atoms with E-state index in [2.05, 4.69) is 9.71 Å². The summed E-state index contributed by atoms with van der Waals surface area (Å²) in [6.45, 7) is 2.07. The number of hydrogen-bond acceptors (Lipinski definition) is 4. The summed E-state index contributed by atoms with van der Waals surface area (Å²) in [6, 6.07) is 4.76. The highest BCUT2D eigenvalue weighted by Crippen LogP contribution is 2.26. The fraction of sp³-hybridized carbons (Fsp3) is 0.250. The largest absolute Gasteiger partial charge is 0.345 e. The lowest BCUT2D eigenvalue weighted by Crippen LogP contribution is -2.42. The van der Waals surface area contributed by atoms with E-state index in [0.29, 0.717) is 10.0 Å². The minimum Gasteiger partial charge on any atom is -0.345 e.